The number of nitrogens with one attached hydrogen (secondary N) is 1. The van der Waals surface area contributed by atoms with E-state index < -0.39 is 0 Å². The van der Waals surface area contributed by atoms with Crippen LogP contribution in [0.25, 0.3) is 11.8 Å². The van der Waals surface area contributed by atoms with Gasteiger partial charge in [0.1, 0.15) is 12.4 Å². The monoisotopic (exact) mass is 490 g/mol. The van der Waals surface area contributed by atoms with E-state index in [1.54, 1.807) is 23.0 Å². The third kappa shape index (κ3) is 5.84. The highest BCUT2D eigenvalue weighted by molar-refractivity contribution is 6.30. The number of hydrogen-bond donors (Lipinski definition) is 1. The van der Waals surface area contributed by atoms with Gasteiger partial charge in [-0.15, -0.1) is 0 Å². The minimum absolute atomic E-state index is 0.0959. The number of hydrogen-bond acceptors (Lipinski definition) is 5. The maximum absolute atomic E-state index is 12.8. The molecule has 1 saturated heterocycles. The number of fused-ring (bicyclic) bond motifs is 1. The van der Waals surface area contributed by atoms with Crippen molar-refractivity contribution < 1.29 is 4.74 Å². The molecule has 1 aliphatic carbocycles. The number of ether oxygens (including phenoxy) is 1. The Morgan fingerprint density at radius 2 is 2.00 bits per heavy atom. The Morgan fingerprint density at radius 3 is 2.77 bits per heavy atom. The van der Waals surface area contributed by atoms with E-state index in [0.29, 0.717) is 16.8 Å². The van der Waals surface area contributed by atoms with Crippen molar-refractivity contribution in [3.63, 3.8) is 0 Å². The van der Waals surface area contributed by atoms with Crippen LogP contribution in [0.3, 0.4) is 0 Å². The first-order valence-corrected chi connectivity index (χ1v) is 12.6. The molecule has 7 heteroatoms. The number of benzene rings is 1. The Hall–Kier alpha value is -2.93. The second-order valence-corrected chi connectivity index (χ2v) is 9.83. The standard InChI is InChI=1S/C28H31ClN4O2/c1-32(25-8-11-30-12-9-25)18-20-2-3-22-15-26(7-4-21(22)14-20)33-13-10-27(16-28(33)34)35-19-24-6-5-23(29)17-31-24/h2-3,5-6,10,13-17,25,30H,4,7-9,11-12,18-19H2,1H3. The summed E-state index contributed by atoms with van der Waals surface area (Å²) >= 11 is 5.87. The van der Waals surface area contributed by atoms with Crippen LogP contribution in [0, 0.1) is 0 Å². The van der Waals surface area contributed by atoms with Crippen LogP contribution in [0.4, 0.5) is 0 Å². The number of piperidine rings is 1. The fourth-order valence-corrected chi connectivity index (χ4v) is 5.03. The molecule has 0 radical (unpaired) electrons. The van der Waals surface area contributed by atoms with Crippen molar-refractivity contribution in [2.24, 2.45) is 0 Å². The molecule has 3 heterocycles. The Bertz CT molecular complexity index is 1260. The number of rotatable bonds is 7. The van der Waals surface area contributed by atoms with E-state index in [0.717, 1.165) is 43.9 Å². The highest BCUT2D eigenvalue weighted by Gasteiger charge is 2.19. The van der Waals surface area contributed by atoms with Gasteiger partial charge in [0.2, 0.25) is 0 Å². The number of aryl methyl sites for hydroxylation is 1. The fraction of sp³-hybridized carbons (Fsp3) is 0.357. The molecule has 5 rings (SSSR count). The molecule has 1 fully saturated rings. The first-order valence-electron chi connectivity index (χ1n) is 12.2. The molecule has 2 aliphatic rings. The lowest BCUT2D eigenvalue weighted by Crippen LogP contribution is -2.40. The predicted molar refractivity (Wildman–Crippen MR) is 141 cm³/mol. The zero-order valence-electron chi connectivity index (χ0n) is 20.0. The van der Waals surface area contributed by atoms with Crippen LogP contribution in [0.5, 0.6) is 5.75 Å². The van der Waals surface area contributed by atoms with E-state index in [2.05, 4.69) is 46.5 Å². The molecule has 1 aromatic carbocycles. The first-order chi connectivity index (χ1) is 17.0. The summed E-state index contributed by atoms with van der Waals surface area (Å²) in [7, 11) is 2.24. The quantitative estimate of drug-likeness (QED) is 0.524. The summed E-state index contributed by atoms with van der Waals surface area (Å²) in [5.41, 5.74) is 5.57. The third-order valence-electron chi connectivity index (χ3n) is 6.92. The first kappa shape index (κ1) is 23.8. The van der Waals surface area contributed by atoms with Crippen LogP contribution in [-0.4, -0.2) is 40.6 Å². The van der Waals surface area contributed by atoms with E-state index in [9.17, 15) is 4.79 Å². The van der Waals surface area contributed by atoms with Crippen molar-refractivity contribution in [3.8, 4) is 5.75 Å². The van der Waals surface area contributed by atoms with Gasteiger partial charge in [0, 0.05) is 36.7 Å². The van der Waals surface area contributed by atoms with Gasteiger partial charge >= 0.3 is 0 Å². The fourth-order valence-electron chi connectivity index (χ4n) is 4.92. The molecular weight excluding hydrogens is 460 g/mol. The van der Waals surface area contributed by atoms with Crippen LogP contribution < -0.4 is 15.6 Å². The van der Waals surface area contributed by atoms with Crippen molar-refractivity contribution in [2.45, 2.75) is 44.9 Å². The number of aromatic nitrogens is 2. The van der Waals surface area contributed by atoms with Gasteiger partial charge in [-0.05, 0) is 86.8 Å². The van der Waals surface area contributed by atoms with Gasteiger partial charge < -0.3 is 10.1 Å². The summed E-state index contributed by atoms with van der Waals surface area (Å²) in [5, 5.41) is 4.03. The maximum atomic E-state index is 12.8. The predicted octanol–water partition coefficient (Wildman–Crippen LogP) is 4.60. The molecule has 0 amide bonds. The SMILES string of the molecule is CN(Cc1ccc2c(c1)CCC(n1ccc(OCc3ccc(Cl)cn3)cc1=O)=C2)C1CCNCC1. The molecule has 0 spiro atoms. The van der Waals surface area contributed by atoms with E-state index in [1.807, 2.05) is 12.1 Å². The van der Waals surface area contributed by atoms with Crippen molar-refractivity contribution in [2.75, 3.05) is 20.1 Å². The van der Waals surface area contributed by atoms with E-state index in [4.69, 9.17) is 16.3 Å². The molecule has 0 saturated carbocycles. The number of halogens is 1. The molecule has 1 N–H and O–H groups in total. The lowest BCUT2D eigenvalue weighted by molar-refractivity contribution is 0.192. The molecule has 182 valence electrons. The average molecular weight is 491 g/mol. The Labute approximate surface area is 211 Å². The van der Waals surface area contributed by atoms with E-state index in [1.165, 1.54) is 35.6 Å². The zero-order valence-corrected chi connectivity index (χ0v) is 20.8. The second kappa shape index (κ2) is 10.8. The van der Waals surface area contributed by atoms with Crippen LogP contribution in [0.1, 0.15) is 41.6 Å². The molecular formula is C28H31ClN4O2. The van der Waals surface area contributed by atoms with Gasteiger partial charge in [-0.2, -0.15) is 0 Å². The number of nitrogens with zero attached hydrogens (tertiary/aromatic N) is 3. The van der Waals surface area contributed by atoms with E-state index >= 15 is 0 Å². The van der Waals surface area contributed by atoms with Gasteiger partial charge in [-0.25, -0.2) is 0 Å². The molecule has 0 bridgehead atoms. The molecule has 3 aromatic rings. The van der Waals surface area contributed by atoms with Crippen LogP contribution >= 0.6 is 11.6 Å². The Kier molecular flexibility index (Phi) is 7.32. The summed E-state index contributed by atoms with van der Waals surface area (Å²) in [6.07, 6.45) is 9.70. The highest BCUT2D eigenvalue weighted by atomic mass is 35.5. The Balaban J connectivity index is 1.25. The molecule has 0 atom stereocenters. The smallest absolute Gasteiger partial charge is 0.258 e. The zero-order chi connectivity index (χ0) is 24.2. The maximum Gasteiger partial charge on any atom is 0.258 e. The van der Waals surface area contributed by atoms with E-state index in [-0.39, 0.29) is 12.2 Å². The average Bonchev–Trinajstić information content (AvgIpc) is 2.88. The van der Waals surface area contributed by atoms with Gasteiger partial charge in [0.25, 0.3) is 5.56 Å². The molecule has 1 aliphatic heterocycles. The minimum Gasteiger partial charge on any atom is -0.487 e. The lowest BCUT2D eigenvalue weighted by atomic mass is 9.93. The summed E-state index contributed by atoms with van der Waals surface area (Å²) in [6, 6.07) is 14.4. The number of allylic oxidation sites excluding steroid dienone is 1. The topological polar surface area (TPSA) is 59.4 Å². The van der Waals surface area contributed by atoms with Gasteiger partial charge in [-0.1, -0.05) is 29.8 Å². The van der Waals surface area contributed by atoms with Crippen LogP contribution in [0.2, 0.25) is 5.02 Å². The minimum atomic E-state index is -0.0959. The van der Waals surface area contributed by atoms with Gasteiger partial charge in [0.05, 0.1) is 10.7 Å². The lowest BCUT2D eigenvalue weighted by Gasteiger charge is -2.32. The van der Waals surface area contributed by atoms with Crippen molar-refractivity contribution in [1.29, 1.82) is 0 Å². The highest BCUT2D eigenvalue weighted by Crippen LogP contribution is 2.28. The summed E-state index contributed by atoms with van der Waals surface area (Å²) in [6.45, 7) is 3.48. The summed E-state index contributed by atoms with van der Waals surface area (Å²) < 4.78 is 7.47. The summed E-state index contributed by atoms with van der Waals surface area (Å²) in [4.78, 5) is 19.5. The van der Waals surface area contributed by atoms with Crippen molar-refractivity contribution in [1.82, 2.24) is 19.8 Å². The number of pyridine rings is 2. The largest absolute Gasteiger partial charge is 0.487 e. The third-order valence-corrected chi connectivity index (χ3v) is 7.14. The van der Waals surface area contributed by atoms with Crippen LogP contribution in [-0.2, 0) is 19.6 Å². The molecule has 35 heavy (non-hydrogen) atoms. The van der Waals surface area contributed by atoms with Crippen molar-refractivity contribution in [3.05, 3.63) is 92.6 Å². The normalized spacial score (nSPS) is 16.1. The molecule has 2 aromatic heterocycles. The molecule has 0 unspecified atom stereocenters. The van der Waals surface area contributed by atoms with Crippen molar-refractivity contribution >= 4 is 23.4 Å². The second-order valence-electron chi connectivity index (χ2n) is 9.39. The Morgan fingerprint density at radius 1 is 1.14 bits per heavy atom. The van der Waals surface area contributed by atoms with Crippen LogP contribution in [0.15, 0.2) is 59.7 Å². The molecule has 6 nitrogen and oxygen atoms in total. The van der Waals surface area contributed by atoms with Gasteiger partial charge in [-0.3, -0.25) is 19.2 Å². The van der Waals surface area contributed by atoms with Gasteiger partial charge in [0.15, 0.2) is 0 Å². The summed E-state index contributed by atoms with van der Waals surface area (Å²) in [5.74, 6) is 0.530.